The van der Waals surface area contributed by atoms with Crippen LogP contribution >= 0.6 is 0 Å². The summed E-state index contributed by atoms with van der Waals surface area (Å²) >= 11 is 0. The van der Waals surface area contributed by atoms with E-state index in [1.807, 2.05) is 0 Å². The molecule has 1 unspecified atom stereocenters. The molecule has 332 valence electrons. The number of hydrogen-bond donors (Lipinski definition) is 15. The summed E-state index contributed by atoms with van der Waals surface area (Å²) in [5.41, 5.74) is 0. The normalized spacial score (nSPS) is 52.3. The van der Waals surface area contributed by atoms with Gasteiger partial charge in [-0.15, -0.1) is 0 Å². The van der Waals surface area contributed by atoms with E-state index in [0.29, 0.717) is 0 Å². The van der Waals surface area contributed by atoms with Gasteiger partial charge in [0.1, 0.15) is 110 Å². The summed E-state index contributed by atoms with van der Waals surface area (Å²) in [6.45, 7) is 0.931. The Labute approximate surface area is 324 Å². The van der Waals surface area contributed by atoms with Crippen molar-refractivity contribution in [3.63, 3.8) is 0 Å². The van der Waals surface area contributed by atoms with Crippen LogP contribution in [0.2, 0.25) is 0 Å². The predicted octanol–water partition coefficient (Wildman–Crippen LogP) is -9.73. The smallest absolute Gasteiger partial charge is 0.217 e. The molecule has 5 fully saturated rings. The van der Waals surface area contributed by atoms with Gasteiger partial charge in [0.05, 0.1) is 32.0 Å². The average Bonchev–Trinajstić information content (AvgIpc) is 3.18. The van der Waals surface area contributed by atoms with Crippen LogP contribution in [0.1, 0.15) is 20.8 Å². The number of rotatable bonds is 12. The summed E-state index contributed by atoms with van der Waals surface area (Å²) < 4.78 is 51.9. The van der Waals surface area contributed by atoms with E-state index in [0.717, 1.165) is 6.92 Å². The van der Waals surface area contributed by atoms with E-state index in [2.05, 4.69) is 5.32 Å². The molecule has 5 aliphatic rings. The highest BCUT2D eigenvalue weighted by Crippen LogP contribution is 2.37. The number of hydrogen-bond acceptors (Lipinski definition) is 24. The number of nitrogens with one attached hydrogen (secondary N) is 1. The summed E-state index contributed by atoms with van der Waals surface area (Å²) in [5.74, 6) is -0.811. The Morgan fingerprint density at radius 2 is 0.912 bits per heavy atom. The summed E-state index contributed by atoms with van der Waals surface area (Å²) in [6, 6.07) is -1.70. The average molecular weight is 838 g/mol. The summed E-state index contributed by atoms with van der Waals surface area (Å²) in [6.07, 6.45) is -42.5. The Morgan fingerprint density at radius 1 is 0.456 bits per heavy atom. The quantitative estimate of drug-likeness (QED) is 0.0867. The van der Waals surface area contributed by atoms with Gasteiger partial charge in [0.15, 0.2) is 31.5 Å². The fourth-order valence-electron chi connectivity index (χ4n) is 7.29. The summed E-state index contributed by atoms with van der Waals surface area (Å²) in [7, 11) is 0. The van der Waals surface area contributed by atoms with Gasteiger partial charge in [-0.25, -0.2) is 0 Å². The molecular weight excluding hydrogens is 782 g/mol. The molecule has 25 atom stereocenters. The molecule has 5 saturated heterocycles. The van der Waals surface area contributed by atoms with E-state index in [1.54, 1.807) is 0 Å². The molecule has 25 heteroatoms. The van der Waals surface area contributed by atoms with E-state index < -0.39 is 179 Å². The number of carbonyl (C=O) groups is 1. The lowest BCUT2D eigenvalue weighted by Crippen LogP contribution is -2.71. The number of carbonyl (C=O) groups excluding carboxylic acids is 1. The lowest BCUT2D eigenvalue weighted by molar-refractivity contribution is -0.398. The van der Waals surface area contributed by atoms with E-state index in [1.165, 1.54) is 13.8 Å². The third kappa shape index (κ3) is 9.71. The molecular formula is C32H55NO24. The lowest BCUT2D eigenvalue weighted by Gasteiger charge is -2.52. The largest absolute Gasteiger partial charge is 0.394 e. The first-order chi connectivity index (χ1) is 26.8. The Morgan fingerprint density at radius 3 is 1.42 bits per heavy atom. The standard InChI is InChI=1S/C32H55NO24/c1-7-14(38)18(42)21(45)30(49-7)55-25-13(33-9(3)37)29(56-26-17(41)11(5-35)51-28(48)23(26)47)53-12(6-36)24(25)54-32-27(20(44)16(40)10(4-34)52-32)57-31-22(46)19(43)15(39)8(2)50-31/h7-8,10-32,34-36,38-48H,4-6H2,1-3H3,(H,33,37)/t7-,8-,10+,11+,12+,13+,14+,15+,16-,17+,18+,19+,20-,21-,22-,23+,24+,25+,26-,27+,28?,29-,30-,31-,32-/m0/s1. The Kier molecular flexibility index (Phi) is 16.0. The molecule has 25 nitrogen and oxygen atoms in total. The van der Waals surface area contributed by atoms with Gasteiger partial charge in [0.25, 0.3) is 0 Å². The molecule has 0 saturated carbocycles. The van der Waals surface area contributed by atoms with Crippen molar-refractivity contribution in [2.75, 3.05) is 19.8 Å². The minimum Gasteiger partial charge on any atom is -0.394 e. The lowest BCUT2D eigenvalue weighted by atomic mass is 9.93. The van der Waals surface area contributed by atoms with Crippen LogP contribution in [-0.4, -0.2) is 251 Å². The van der Waals surface area contributed by atoms with Crippen LogP contribution in [0.3, 0.4) is 0 Å². The Bertz CT molecular complexity index is 1290. The van der Waals surface area contributed by atoms with Crippen molar-refractivity contribution < 1.29 is 119 Å². The van der Waals surface area contributed by atoms with Gasteiger partial charge in [-0.1, -0.05) is 0 Å². The molecule has 0 aromatic rings. The van der Waals surface area contributed by atoms with Crippen molar-refractivity contribution in [3.05, 3.63) is 0 Å². The number of ether oxygens (including phenoxy) is 9. The Hall–Kier alpha value is -1.45. The molecule has 5 rings (SSSR count). The first-order valence-electron chi connectivity index (χ1n) is 18.3. The fraction of sp³-hybridized carbons (Fsp3) is 0.969. The third-order valence-corrected chi connectivity index (χ3v) is 10.6. The summed E-state index contributed by atoms with van der Waals surface area (Å²) in [4.78, 5) is 12.7. The monoisotopic (exact) mass is 837 g/mol. The van der Waals surface area contributed by atoms with Gasteiger partial charge < -0.3 is 119 Å². The topological polar surface area (TPSA) is 395 Å². The maximum atomic E-state index is 12.7. The molecule has 1 amide bonds. The minimum atomic E-state index is -2.02. The second kappa shape index (κ2) is 19.5. The highest BCUT2D eigenvalue weighted by Gasteiger charge is 2.57. The maximum absolute atomic E-state index is 12.7. The van der Waals surface area contributed by atoms with Crippen LogP contribution in [0.5, 0.6) is 0 Å². The van der Waals surface area contributed by atoms with Gasteiger partial charge in [-0.2, -0.15) is 0 Å². The highest BCUT2D eigenvalue weighted by atomic mass is 16.8. The van der Waals surface area contributed by atoms with Crippen molar-refractivity contribution in [3.8, 4) is 0 Å². The second-order valence-electron chi connectivity index (χ2n) is 14.7. The molecule has 57 heavy (non-hydrogen) atoms. The van der Waals surface area contributed by atoms with Crippen molar-refractivity contribution in [1.82, 2.24) is 5.32 Å². The van der Waals surface area contributed by atoms with Crippen LogP contribution in [0.4, 0.5) is 0 Å². The van der Waals surface area contributed by atoms with Gasteiger partial charge in [-0.3, -0.25) is 4.79 Å². The van der Waals surface area contributed by atoms with Crippen molar-refractivity contribution in [2.24, 2.45) is 0 Å². The molecule has 15 N–H and O–H groups in total. The van der Waals surface area contributed by atoms with Crippen molar-refractivity contribution >= 4 is 5.91 Å². The van der Waals surface area contributed by atoms with Crippen LogP contribution in [-0.2, 0) is 47.4 Å². The Balaban J connectivity index is 1.54. The second-order valence-corrected chi connectivity index (χ2v) is 14.7. The zero-order chi connectivity index (χ0) is 42.2. The molecule has 0 aromatic heterocycles. The van der Waals surface area contributed by atoms with E-state index in [-0.39, 0.29) is 0 Å². The van der Waals surface area contributed by atoms with Gasteiger partial charge in [0, 0.05) is 6.92 Å². The molecule has 5 aliphatic heterocycles. The zero-order valence-electron chi connectivity index (χ0n) is 30.9. The van der Waals surface area contributed by atoms with Crippen LogP contribution < -0.4 is 5.32 Å². The number of aliphatic hydroxyl groups excluding tert-OH is 14. The van der Waals surface area contributed by atoms with E-state index in [4.69, 9.17) is 42.6 Å². The fourth-order valence-corrected chi connectivity index (χ4v) is 7.29. The molecule has 0 radical (unpaired) electrons. The SMILES string of the molecule is CC(=O)N[C@H]1[C@H](O[C@H]2[C@H](O)[C@@H](CO)OC(O)[C@@H]2O)O[C@H](CO)[C@@H](O[C@@H]2O[C@H](CO)[C@H](O)[C@H](O)[C@H]2O[C@@H]2O[C@@H](C)[C@@H](O)[C@@H](O)[C@@H]2O)[C@@H]1O[C@@H]1O[C@@H](C)[C@@H](O)[C@@H](O)[C@@H]1O. The predicted molar refractivity (Wildman–Crippen MR) is 175 cm³/mol. The third-order valence-electron chi connectivity index (χ3n) is 10.6. The minimum absolute atomic E-state index is 0.811. The van der Waals surface area contributed by atoms with Crippen molar-refractivity contribution in [1.29, 1.82) is 0 Å². The molecule has 0 aliphatic carbocycles. The molecule has 0 aromatic carbocycles. The van der Waals surface area contributed by atoms with E-state index >= 15 is 0 Å². The van der Waals surface area contributed by atoms with Gasteiger partial charge >= 0.3 is 0 Å². The molecule has 5 heterocycles. The molecule has 0 bridgehead atoms. The first kappa shape index (κ1) is 46.6. The number of aliphatic hydroxyl groups is 14. The molecule has 0 spiro atoms. The van der Waals surface area contributed by atoms with Crippen LogP contribution in [0.15, 0.2) is 0 Å². The highest BCUT2D eigenvalue weighted by molar-refractivity contribution is 5.73. The van der Waals surface area contributed by atoms with E-state index in [9.17, 15) is 76.3 Å². The first-order valence-corrected chi connectivity index (χ1v) is 18.3. The summed E-state index contributed by atoms with van der Waals surface area (Å²) in [5, 5.41) is 150. The van der Waals surface area contributed by atoms with Crippen LogP contribution in [0.25, 0.3) is 0 Å². The number of amides is 1. The van der Waals surface area contributed by atoms with Crippen LogP contribution in [0, 0.1) is 0 Å². The maximum Gasteiger partial charge on any atom is 0.217 e. The zero-order valence-corrected chi connectivity index (χ0v) is 30.9. The van der Waals surface area contributed by atoms with Gasteiger partial charge in [0.2, 0.25) is 5.91 Å². The van der Waals surface area contributed by atoms with Gasteiger partial charge in [-0.05, 0) is 13.8 Å². The van der Waals surface area contributed by atoms with Crippen molar-refractivity contribution in [2.45, 2.75) is 174 Å².